The second-order valence-electron chi connectivity index (χ2n) is 5.45. The van der Waals surface area contributed by atoms with Crippen molar-refractivity contribution in [3.63, 3.8) is 0 Å². The predicted octanol–water partition coefficient (Wildman–Crippen LogP) is -0.640. The van der Waals surface area contributed by atoms with Crippen LogP contribution in [0.4, 0.5) is 0 Å². The van der Waals surface area contributed by atoms with E-state index in [0.717, 1.165) is 16.2 Å². The van der Waals surface area contributed by atoms with Crippen molar-refractivity contribution >= 4 is 5.71 Å². The Hall–Kier alpha value is -2.75. The molecular formula is C16H17N3O6. The number of nitrogens with one attached hydrogen (secondary N) is 1. The monoisotopic (exact) mass is 347 g/mol. The first kappa shape index (κ1) is 17.1. The third-order valence-corrected chi connectivity index (χ3v) is 3.74. The number of aromatic amines is 1. The Labute approximate surface area is 141 Å². The largest absolute Gasteiger partial charge is 0.394 e. The van der Waals surface area contributed by atoms with Gasteiger partial charge in [-0.15, -0.1) is 0 Å². The molecule has 2 heterocycles. The van der Waals surface area contributed by atoms with E-state index in [-0.39, 0.29) is 12.3 Å². The Morgan fingerprint density at radius 2 is 2.00 bits per heavy atom. The zero-order valence-electron chi connectivity index (χ0n) is 13.1. The number of H-pyrrole nitrogens is 1. The maximum atomic E-state index is 12.0. The molecule has 1 saturated heterocycles. The molecule has 9 heteroatoms. The average molecular weight is 347 g/mol. The van der Waals surface area contributed by atoms with Gasteiger partial charge < -0.3 is 19.8 Å². The SMILES string of the molecule is O=c1ccn([C@@H]2O[C@H](CO)[C@@H](O)/C2=N\OCc2ccccc2)c(=O)[nH]1. The molecule has 1 aliphatic heterocycles. The highest BCUT2D eigenvalue weighted by Crippen LogP contribution is 2.25. The van der Waals surface area contributed by atoms with Gasteiger partial charge in [0.25, 0.3) is 5.56 Å². The number of hydrogen-bond donors (Lipinski definition) is 3. The van der Waals surface area contributed by atoms with Gasteiger partial charge in [0.15, 0.2) is 6.23 Å². The molecule has 2 aromatic rings. The van der Waals surface area contributed by atoms with Gasteiger partial charge in [-0.3, -0.25) is 14.3 Å². The summed E-state index contributed by atoms with van der Waals surface area (Å²) in [6, 6.07) is 10.4. The number of oxime groups is 1. The molecule has 132 valence electrons. The van der Waals surface area contributed by atoms with Crippen LogP contribution in [-0.4, -0.2) is 44.3 Å². The van der Waals surface area contributed by atoms with Gasteiger partial charge in [0, 0.05) is 12.3 Å². The molecule has 1 aliphatic rings. The first-order chi connectivity index (χ1) is 12.1. The number of benzene rings is 1. The molecule has 3 rings (SSSR count). The van der Waals surface area contributed by atoms with Gasteiger partial charge >= 0.3 is 5.69 Å². The molecule has 1 aromatic heterocycles. The van der Waals surface area contributed by atoms with Crippen LogP contribution in [0.25, 0.3) is 0 Å². The molecular weight excluding hydrogens is 330 g/mol. The molecule has 0 aliphatic carbocycles. The zero-order chi connectivity index (χ0) is 17.8. The number of aliphatic hydroxyl groups excluding tert-OH is 2. The molecule has 0 amide bonds. The number of nitrogens with zero attached hydrogens (tertiary/aromatic N) is 2. The summed E-state index contributed by atoms with van der Waals surface area (Å²) in [5.41, 5.74) is -0.378. The van der Waals surface area contributed by atoms with Crippen molar-refractivity contribution in [1.82, 2.24) is 9.55 Å². The minimum Gasteiger partial charge on any atom is -0.394 e. The van der Waals surface area contributed by atoms with Gasteiger partial charge in [-0.1, -0.05) is 35.5 Å². The van der Waals surface area contributed by atoms with Crippen molar-refractivity contribution in [1.29, 1.82) is 0 Å². The lowest BCUT2D eigenvalue weighted by atomic mass is 10.1. The Kier molecular flexibility index (Phi) is 5.08. The molecule has 0 saturated carbocycles. The maximum Gasteiger partial charge on any atom is 0.330 e. The average Bonchev–Trinajstić information content (AvgIpc) is 2.92. The quantitative estimate of drug-likeness (QED) is 0.618. The lowest BCUT2D eigenvalue weighted by Crippen LogP contribution is -2.35. The molecule has 0 bridgehead atoms. The van der Waals surface area contributed by atoms with E-state index in [1.54, 1.807) is 0 Å². The maximum absolute atomic E-state index is 12.0. The summed E-state index contributed by atoms with van der Waals surface area (Å²) in [6.07, 6.45) is -2.06. The van der Waals surface area contributed by atoms with E-state index >= 15 is 0 Å². The Morgan fingerprint density at radius 1 is 1.24 bits per heavy atom. The van der Waals surface area contributed by atoms with Crippen LogP contribution in [0.2, 0.25) is 0 Å². The van der Waals surface area contributed by atoms with E-state index < -0.39 is 36.3 Å². The second-order valence-corrected chi connectivity index (χ2v) is 5.45. The lowest BCUT2D eigenvalue weighted by Gasteiger charge is -2.14. The number of hydrogen-bond acceptors (Lipinski definition) is 7. The summed E-state index contributed by atoms with van der Waals surface area (Å²) < 4.78 is 6.54. The number of ether oxygens (including phenoxy) is 1. The Bertz CT molecular complexity index is 860. The smallest absolute Gasteiger partial charge is 0.330 e. The highest BCUT2D eigenvalue weighted by Gasteiger charge is 2.42. The third kappa shape index (κ3) is 3.68. The molecule has 0 radical (unpaired) electrons. The van der Waals surface area contributed by atoms with Gasteiger partial charge in [0.1, 0.15) is 24.5 Å². The predicted molar refractivity (Wildman–Crippen MR) is 87.0 cm³/mol. The Balaban J connectivity index is 1.85. The summed E-state index contributed by atoms with van der Waals surface area (Å²) in [7, 11) is 0. The fourth-order valence-electron chi connectivity index (χ4n) is 2.46. The molecule has 3 N–H and O–H groups in total. The molecule has 1 aromatic carbocycles. The van der Waals surface area contributed by atoms with Gasteiger partial charge in [-0.25, -0.2) is 4.79 Å². The minimum atomic E-state index is -1.25. The van der Waals surface area contributed by atoms with E-state index in [9.17, 15) is 19.8 Å². The van der Waals surface area contributed by atoms with Crippen LogP contribution >= 0.6 is 0 Å². The van der Waals surface area contributed by atoms with Gasteiger partial charge in [-0.05, 0) is 5.56 Å². The fraction of sp³-hybridized carbons (Fsp3) is 0.312. The van der Waals surface area contributed by atoms with E-state index in [1.165, 1.54) is 6.20 Å². The highest BCUT2D eigenvalue weighted by molar-refractivity contribution is 5.92. The van der Waals surface area contributed by atoms with Crippen molar-refractivity contribution in [3.05, 3.63) is 69.0 Å². The zero-order valence-corrected chi connectivity index (χ0v) is 13.1. The summed E-state index contributed by atoms with van der Waals surface area (Å²) >= 11 is 0. The van der Waals surface area contributed by atoms with Crippen molar-refractivity contribution in [2.24, 2.45) is 5.16 Å². The Morgan fingerprint density at radius 3 is 2.68 bits per heavy atom. The fourth-order valence-corrected chi connectivity index (χ4v) is 2.46. The van der Waals surface area contributed by atoms with E-state index in [2.05, 4.69) is 10.1 Å². The van der Waals surface area contributed by atoms with E-state index in [4.69, 9.17) is 9.57 Å². The topological polar surface area (TPSA) is 126 Å². The lowest BCUT2D eigenvalue weighted by molar-refractivity contribution is -0.0442. The van der Waals surface area contributed by atoms with E-state index in [1.807, 2.05) is 30.3 Å². The summed E-state index contributed by atoms with van der Waals surface area (Å²) in [6.45, 7) is -0.304. The van der Waals surface area contributed by atoms with Crippen LogP contribution in [0.5, 0.6) is 0 Å². The minimum absolute atomic E-state index is 0.0316. The summed E-state index contributed by atoms with van der Waals surface area (Å²) in [4.78, 5) is 30.5. The van der Waals surface area contributed by atoms with Crippen LogP contribution in [-0.2, 0) is 16.2 Å². The molecule has 0 spiro atoms. The summed E-state index contributed by atoms with van der Waals surface area (Å²) in [5.74, 6) is 0. The van der Waals surface area contributed by atoms with Crippen LogP contribution in [0, 0.1) is 0 Å². The second kappa shape index (κ2) is 7.43. The standard InChI is InChI=1S/C16H17N3O6/c20-8-11-14(22)13(18-24-9-10-4-2-1-3-5-10)15(25-11)19-7-6-12(21)17-16(19)23/h1-7,11,14-15,20,22H,8-9H2,(H,17,21,23)/b18-13+/t11-,14-,15-/m1/s1. The molecule has 3 atom stereocenters. The number of aliphatic hydroxyl groups is 2. The first-order valence-electron chi connectivity index (χ1n) is 7.59. The van der Waals surface area contributed by atoms with Crippen molar-refractivity contribution in [2.45, 2.75) is 25.0 Å². The van der Waals surface area contributed by atoms with Crippen LogP contribution in [0.1, 0.15) is 11.8 Å². The van der Waals surface area contributed by atoms with Gasteiger partial charge in [0.05, 0.1) is 6.61 Å². The molecule has 1 fully saturated rings. The summed E-state index contributed by atoms with van der Waals surface area (Å²) in [5, 5.41) is 23.4. The van der Waals surface area contributed by atoms with E-state index in [0.29, 0.717) is 0 Å². The van der Waals surface area contributed by atoms with Crippen LogP contribution in [0.15, 0.2) is 57.3 Å². The van der Waals surface area contributed by atoms with Crippen molar-refractivity contribution < 1.29 is 19.8 Å². The first-order valence-corrected chi connectivity index (χ1v) is 7.59. The van der Waals surface area contributed by atoms with Gasteiger partial charge in [-0.2, -0.15) is 0 Å². The van der Waals surface area contributed by atoms with Crippen LogP contribution < -0.4 is 11.2 Å². The number of aromatic nitrogens is 2. The molecule has 25 heavy (non-hydrogen) atoms. The normalized spacial score (nSPS) is 24.6. The third-order valence-electron chi connectivity index (χ3n) is 3.74. The molecule has 0 unspecified atom stereocenters. The number of rotatable bonds is 5. The van der Waals surface area contributed by atoms with Crippen LogP contribution in [0.3, 0.4) is 0 Å². The highest BCUT2D eigenvalue weighted by atomic mass is 16.6. The molecule has 9 nitrogen and oxygen atoms in total. The van der Waals surface area contributed by atoms with Crippen molar-refractivity contribution in [2.75, 3.05) is 6.61 Å². The van der Waals surface area contributed by atoms with Gasteiger partial charge in [0.2, 0.25) is 0 Å². The van der Waals surface area contributed by atoms with Crippen molar-refractivity contribution in [3.8, 4) is 0 Å².